The van der Waals surface area contributed by atoms with Crippen molar-refractivity contribution in [2.75, 3.05) is 0 Å². The number of halogens is 4. The van der Waals surface area contributed by atoms with Crippen LogP contribution in [0.1, 0.15) is 25.3 Å². The maximum atomic E-state index is 13.2. The number of Topliss-reactive ketones (excluding diaryl/α,β-unsaturated/α-hetero) is 1. The zero-order valence-corrected chi connectivity index (χ0v) is 11.8. The molecule has 0 N–H and O–H groups in total. The molecule has 16 heavy (non-hydrogen) atoms. The summed E-state index contributed by atoms with van der Waals surface area (Å²) in [5.41, 5.74) is 0.730. The van der Waals surface area contributed by atoms with Crippen molar-refractivity contribution < 1.29 is 9.18 Å². The quantitative estimate of drug-likeness (QED) is 0.586. The Kier molecular flexibility index (Phi) is 4.77. The van der Waals surface area contributed by atoms with Gasteiger partial charge in [0.05, 0.1) is 14.9 Å². The van der Waals surface area contributed by atoms with Crippen molar-refractivity contribution in [2.45, 2.75) is 24.6 Å². The molecule has 1 aromatic rings. The summed E-state index contributed by atoms with van der Waals surface area (Å²) in [6, 6.07) is 2.98. The Morgan fingerprint density at radius 3 is 2.19 bits per heavy atom. The molecule has 0 saturated heterocycles. The SMILES string of the molecule is CC(=O)C(Br)C(C)c1cc(Cl)c(F)c(Cl)c1. The van der Waals surface area contributed by atoms with Gasteiger partial charge in [0.1, 0.15) is 5.78 Å². The molecule has 1 rings (SSSR count). The van der Waals surface area contributed by atoms with Gasteiger partial charge < -0.3 is 0 Å². The van der Waals surface area contributed by atoms with Gasteiger partial charge in [-0.15, -0.1) is 0 Å². The third kappa shape index (κ3) is 2.96. The first-order valence-corrected chi connectivity index (χ1v) is 6.30. The standard InChI is InChI=1S/C11H10BrCl2FO/c1-5(10(12)6(2)16)7-3-8(13)11(15)9(14)4-7/h3-5,10H,1-2H3. The number of carbonyl (C=O) groups excluding carboxylic acids is 1. The van der Waals surface area contributed by atoms with E-state index in [4.69, 9.17) is 23.2 Å². The second kappa shape index (κ2) is 5.48. The summed E-state index contributed by atoms with van der Waals surface area (Å²) in [6.45, 7) is 3.34. The van der Waals surface area contributed by atoms with E-state index in [1.165, 1.54) is 19.1 Å². The van der Waals surface area contributed by atoms with Crippen molar-refractivity contribution in [1.82, 2.24) is 0 Å². The van der Waals surface area contributed by atoms with Gasteiger partial charge in [0.2, 0.25) is 0 Å². The van der Waals surface area contributed by atoms with Gasteiger partial charge in [-0.25, -0.2) is 4.39 Å². The number of alkyl halides is 1. The van der Waals surface area contributed by atoms with Crippen molar-refractivity contribution >= 4 is 44.9 Å². The predicted octanol–water partition coefficient (Wildman–Crippen LogP) is 4.59. The molecular formula is C11H10BrCl2FO. The number of hydrogen-bond donors (Lipinski definition) is 0. The van der Waals surface area contributed by atoms with E-state index in [-0.39, 0.29) is 26.6 Å². The van der Waals surface area contributed by atoms with E-state index in [0.717, 1.165) is 5.56 Å². The average molecular weight is 328 g/mol. The zero-order chi connectivity index (χ0) is 12.5. The molecule has 0 spiro atoms. The minimum Gasteiger partial charge on any atom is -0.299 e. The molecule has 0 bridgehead atoms. The highest BCUT2D eigenvalue weighted by molar-refractivity contribution is 9.10. The normalized spacial score (nSPS) is 14.6. The van der Waals surface area contributed by atoms with Gasteiger partial charge >= 0.3 is 0 Å². The molecule has 2 atom stereocenters. The van der Waals surface area contributed by atoms with Gasteiger partial charge in [-0.05, 0) is 24.6 Å². The number of benzene rings is 1. The second-order valence-corrected chi connectivity index (χ2v) is 5.40. The minimum absolute atomic E-state index is 0.00377. The van der Waals surface area contributed by atoms with Crippen LogP contribution in [0.15, 0.2) is 12.1 Å². The smallest absolute Gasteiger partial charge is 0.160 e. The first-order chi connectivity index (χ1) is 7.34. The first kappa shape index (κ1) is 13.9. The van der Waals surface area contributed by atoms with Crippen LogP contribution in [0.25, 0.3) is 0 Å². The van der Waals surface area contributed by atoms with Crippen LogP contribution in [0.3, 0.4) is 0 Å². The Morgan fingerprint density at radius 2 is 1.81 bits per heavy atom. The third-order valence-corrected chi connectivity index (χ3v) is 4.35. The molecular weight excluding hydrogens is 318 g/mol. The maximum absolute atomic E-state index is 13.2. The molecule has 0 heterocycles. The molecule has 2 unspecified atom stereocenters. The van der Waals surface area contributed by atoms with Gasteiger partial charge in [0.25, 0.3) is 0 Å². The van der Waals surface area contributed by atoms with Crippen molar-refractivity contribution in [3.05, 3.63) is 33.6 Å². The van der Waals surface area contributed by atoms with Crippen LogP contribution in [0.4, 0.5) is 4.39 Å². The lowest BCUT2D eigenvalue weighted by molar-refractivity contribution is -0.116. The maximum Gasteiger partial charge on any atom is 0.160 e. The molecule has 0 saturated carbocycles. The Labute approximate surface area is 112 Å². The summed E-state index contributed by atoms with van der Waals surface area (Å²) in [4.78, 5) is 10.9. The third-order valence-electron chi connectivity index (χ3n) is 2.36. The molecule has 0 aliphatic rings. The van der Waals surface area contributed by atoms with E-state index >= 15 is 0 Å². The highest BCUT2D eigenvalue weighted by Crippen LogP contribution is 2.32. The van der Waals surface area contributed by atoms with Crippen molar-refractivity contribution in [2.24, 2.45) is 0 Å². The highest BCUT2D eigenvalue weighted by Gasteiger charge is 2.21. The van der Waals surface area contributed by atoms with E-state index in [1.54, 1.807) is 0 Å². The fourth-order valence-corrected chi connectivity index (χ4v) is 2.17. The fraction of sp³-hybridized carbons (Fsp3) is 0.364. The summed E-state index contributed by atoms with van der Waals surface area (Å²) < 4.78 is 13.2. The van der Waals surface area contributed by atoms with Crippen LogP contribution in [-0.4, -0.2) is 10.6 Å². The van der Waals surface area contributed by atoms with E-state index < -0.39 is 5.82 Å². The van der Waals surface area contributed by atoms with Crippen LogP contribution in [-0.2, 0) is 4.79 Å². The average Bonchev–Trinajstić information content (AvgIpc) is 2.22. The van der Waals surface area contributed by atoms with Gasteiger partial charge in [-0.2, -0.15) is 0 Å². The van der Waals surface area contributed by atoms with Crippen LogP contribution in [0.2, 0.25) is 10.0 Å². The first-order valence-electron chi connectivity index (χ1n) is 4.63. The lowest BCUT2D eigenvalue weighted by atomic mass is 9.96. The summed E-state index contributed by atoms with van der Waals surface area (Å²) in [5, 5.41) is -0.0600. The van der Waals surface area contributed by atoms with Crippen molar-refractivity contribution in [3.63, 3.8) is 0 Å². The Balaban J connectivity index is 3.10. The molecule has 0 amide bonds. The Morgan fingerprint density at radius 1 is 1.38 bits per heavy atom. The molecule has 5 heteroatoms. The van der Waals surface area contributed by atoms with Gasteiger partial charge in [-0.1, -0.05) is 46.1 Å². The minimum atomic E-state index is -0.631. The summed E-state index contributed by atoms with van der Waals surface area (Å²) in [6.07, 6.45) is 0. The molecule has 0 aromatic heterocycles. The van der Waals surface area contributed by atoms with Crippen LogP contribution in [0.5, 0.6) is 0 Å². The molecule has 0 radical (unpaired) electrons. The monoisotopic (exact) mass is 326 g/mol. The van der Waals surface area contributed by atoms with Crippen LogP contribution >= 0.6 is 39.1 Å². The van der Waals surface area contributed by atoms with Crippen LogP contribution in [0, 0.1) is 5.82 Å². The summed E-state index contributed by atoms with van der Waals surface area (Å²) in [7, 11) is 0. The highest BCUT2D eigenvalue weighted by atomic mass is 79.9. The molecule has 88 valence electrons. The lowest BCUT2D eigenvalue weighted by Gasteiger charge is -2.17. The Bertz CT molecular complexity index is 399. The molecule has 1 aromatic carbocycles. The molecule has 0 aliphatic carbocycles. The number of hydrogen-bond acceptors (Lipinski definition) is 1. The predicted molar refractivity (Wildman–Crippen MR) is 68.2 cm³/mol. The second-order valence-electron chi connectivity index (χ2n) is 3.60. The van der Waals surface area contributed by atoms with E-state index in [2.05, 4.69) is 15.9 Å². The van der Waals surface area contributed by atoms with Crippen molar-refractivity contribution in [1.29, 1.82) is 0 Å². The topological polar surface area (TPSA) is 17.1 Å². The number of rotatable bonds is 3. The van der Waals surface area contributed by atoms with E-state index in [1.807, 2.05) is 6.92 Å². The van der Waals surface area contributed by atoms with E-state index in [9.17, 15) is 9.18 Å². The van der Waals surface area contributed by atoms with Gasteiger partial charge in [0.15, 0.2) is 5.82 Å². The summed E-state index contributed by atoms with van der Waals surface area (Å²) >= 11 is 14.7. The van der Waals surface area contributed by atoms with E-state index in [0.29, 0.717) is 0 Å². The number of carbonyl (C=O) groups is 1. The lowest BCUT2D eigenvalue weighted by Crippen LogP contribution is -2.17. The zero-order valence-electron chi connectivity index (χ0n) is 8.73. The summed E-state index contributed by atoms with van der Waals surface area (Å²) in [5.74, 6) is -0.745. The van der Waals surface area contributed by atoms with Crippen LogP contribution < -0.4 is 0 Å². The molecule has 1 nitrogen and oxygen atoms in total. The molecule has 0 aliphatic heterocycles. The molecule has 0 fully saturated rings. The fourth-order valence-electron chi connectivity index (χ4n) is 1.36. The number of ketones is 1. The van der Waals surface area contributed by atoms with Gasteiger partial charge in [-0.3, -0.25) is 4.79 Å². The van der Waals surface area contributed by atoms with Gasteiger partial charge in [0, 0.05) is 5.92 Å². The Hall–Kier alpha value is -0.120. The van der Waals surface area contributed by atoms with Crippen molar-refractivity contribution in [3.8, 4) is 0 Å². The largest absolute Gasteiger partial charge is 0.299 e.